The quantitative estimate of drug-likeness (QED) is 0.426. The molecule has 0 aliphatic carbocycles. The van der Waals surface area contributed by atoms with Crippen LogP contribution in [0.2, 0.25) is 5.28 Å². The molecule has 0 aliphatic heterocycles. The first-order valence-corrected chi connectivity index (χ1v) is 3.16. The Bertz CT molecular complexity index is 8.00. The lowest BCUT2D eigenvalue weighted by atomic mass is 11.0. The highest BCUT2D eigenvalue weighted by Crippen LogP contribution is 1.60. The van der Waals surface area contributed by atoms with E-state index in [1.165, 1.54) is 0 Å². The van der Waals surface area contributed by atoms with E-state index in [1.54, 1.807) is 0 Å². The van der Waals surface area contributed by atoms with Crippen molar-refractivity contribution >= 4 is 15.6 Å². The lowest BCUT2D eigenvalue weighted by Gasteiger charge is -1.61. The minimum atomic E-state index is -0.576. The van der Waals surface area contributed by atoms with Gasteiger partial charge in [0.2, 0.25) is 0 Å². The van der Waals surface area contributed by atoms with Gasteiger partial charge in [0.15, 0.2) is 0 Å². The summed E-state index contributed by atoms with van der Waals surface area (Å²) in [6.07, 6.45) is 0. The van der Waals surface area contributed by atoms with E-state index in [-0.39, 0.29) is 0 Å². The molecule has 0 aromatic heterocycles. The second-order valence-electron chi connectivity index (χ2n) is 0.724. The summed E-state index contributed by atoms with van der Waals surface area (Å²) < 4.78 is 8.01. The molecule has 4 heavy (non-hydrogen) atoms. The second kappa shape index (κ2) is 3.49. The fraction of sp³-hybridized carbons (Fsp3) is 1.00. The Morgan fingerprint density at radius 3 is 2.25 bits per heavy atom. The summed E-state index contributed by atoms with van der Waals surface area (Å²) in [5.41, 5.74) is 0. The van der Waals surface area contributed by atoms with Crippen molar-refractivity contribution in [3.05, 3.63) is 0 Å². The van der Waals surface area contributed by atoms with E-state index in [0.29, 0.717) is 0 Å². The Hall–Kier alpha value is 0.492. The molecule has 0 aliphatic rings. The maximum Gasteiger partial charge on any atom is 0.432 e. The predicted molar refractivity (Wildman–Crippen MR) is 19.8 cm³/mol. The average Bonchev–Trinajstić information content (AvgIpc) is 1.37. The first kappa shape index (κ1) is 4.49. The molecule has 0 saturated carbocycles. The monoisotopic (exact) mass is 74.0 g/mol. The molecule has 1 nitrogen and oxygen atoms in total. The van der Waals surface area contributed by atoms with E-state index in [1.807, 2.05) is 6.92 Å². The zero-order valence-corrected chi connectivity index (χ0v) is 4.28. The van der Waals surface area contributed by atoms with Gasteiger partial charge < -0.3 is 4.16 Å². The van der Waals surface area contributed by atoms with Crippen molar-refractivity contribution in [2.45, 2.75) is 12.2 Å². The highest BCUT2D eigenvalue weighted by molar-refractivity contribution is 6.24. The Balaban J connectivity index is 1.97. The second-order valence-corrected chi connectivity index (χ2v) is 2.17. The summed E-state index contributed by atoms with van der Waals surface area (Å²) in [6.45, 7) is 1.99. The first-order valence-electron chi connectivity index (χ1n) is 1.52. The maximum atomic E-state index is 8.01. The lowest BCUT2D eigenvalue weighted by Crippen LogP contribution is -1.75. The molecule has 0 aromatic rings. The van der Waals surface area contributed by atoms with E-state index in [2.05, 4.69) is 0 Å². The smallest absolute Gasteiger partial charge is 0.432 e. The van der Waals surface area contributed by atoms with Gasteiger partial charge in [0.1, 0.15) is 0 Å². The Morgan fingerprint density at radius 2 is 2.25 bits per heavy atom. The van der Waals surface area contributed by atoms with Crippen molar-refractivity contribution in [2.24, 2.45) is 0 Å². The summed E-state index contributed by atoms with van der Waals surface area (Å²) in [5, 5.41) is 1.01. The number of rotatable bonds is 1. The third kappa shape index (κ3) is 2.49. The van der Waals surface area contributed by atoms with Crippen LogP contribution in [0.1, 0.15) is 6.92 Å². The summed E-state index contributed by atoms with van der Waals surface area (Å²) in [7, 11) is 0. The molecule has 0 aromatic carbocycles. The molecule has 1 N–H and O–H groups in total. The van der Waals surface area contributed by atoms with Gasteiger partial charge in [0.25, 0.3) is 0 Å². The predicted octanol–water partition coefficient (Wildman–Crippen LogP) is -0.232. The van der Waals surface area contributed by atoms with Gasteiger partial charge in [0.05, 0.1) is 0 Å². The molecule has 0 heterocycles. The molecule has 0 bridgehead atoms. The number of hydrogen-bond acceptors (Lipinski definition) is 1. The Kier molecular flexibility index (Phi) is 3.92. The third-order valence-electron chi connectivity index (χ3n) is 0.224. The molecular weight excluding hydrogens is 67.0 g/mol. The molecule has 0 fully saturated rings. The zero-order valence-electron chi connectivity index (χ0n) is 2.86. The van der Waals surface area contributed by atoms with E-state index >= 15 is 0 Å². The average molecular weight is 74.1 g/mol. The molecule has 0 atom stereocenters. The summed E-state index contributed by atoms with van der Waals surface area (Å²) in [5.74, 6) is 0. The van der Waals surface area contributed by atoms with Crippen LogP contribution in [0.25, 0.3) is 0 Å². The van der Waals surface area contributed by atoms with Gasteiger partial charge in [-0.25, -0.2) is 0 Å². The van der Waals surface area contributed by atoms with Crippen molar-refractivity contribution in [1.82, 2.24) is 0 Å². The van der Waals surface area contributed by atoms with Gasteiger partial charge in [-0.2, -0.15) is 0 Å². The minimum absolute atomic E-state index is 0.576. The normalized spacial score (nSPS) is 6.50. The molecule has 0 radical (unpaired) electrons. The van der Waals surface area contributed by atoms with E-state index in [4.69, 9.17) is 4.16 Å². The van der Waals surface area contributed by atoms with Gasteiger partial charge in [-0.15, -0.1) is 0 Å². The summed E-state index contributed by atoms with van der Waals surface area (Å²) >= 11 is -0.576. The van der Waals surface area contributed by atoms with Crippen LogP contribution in [0.5, 0.6) is 0 Å². The van der Waals surface area contributed by atoms with Crippen LogP contribution in [-0.4, -0.2) is 19.7 Å². The summed E-state index contributed by atoms with van der Waals surface area (Å²) in [6, 6.07) is 0. The lowest BCUT2D eigenvalue weighted by molar-refractivity contribution is 0.602. The van der Waals surface area contributed by atoms with Gasteiger partial charge in [-0.1, -0.05) is 12.2 Å². The van der Waals surface area contributed by atoms with Crippen LogP contribution in [0.3, 0.4) is 0 Å². The molecule has 0 saturated heterocycles. The molecule has 2 heteroatoms. The zero-order chi connectivity index (χ0) is 3.41. The Labute approximate surface area is 32.7 Å². The fourth-order valence-corrected chi connectivity index (χ4v) is 0. The summed E-state index contributed by atoms with van der Waals surface area (Å²) in [4.78, 5) is 0. The highest BCUT2D eigenvalue weighted by Gasteiger charge is 1.71. The van der Waals surface area contributed by atoms with Gasteiger partial charge >= 0.3 is 15.6 Å². The maximum absolute atomic E-state index is 8.01. The topological polar surface area (TPSA) is 20.2 Å². The number of hydrogen-bond donors (Lipinski definition) is 1. The van der Waals surface area contributed by atoms with Crippen molar-refractivity contribution < 1.29 is 4.16 Å². The molecule has 0 unspecified atom stereocenters. The largest absolute Gasteiger partial charge is 0.518 e. The molecule has 0 amide bonds. The van der Waals surface area contributed by atoms with Crippen LogP contribution in [0.4, 0.5) is 0 Å². The van der Waals surface area contributed by atoms with Crippen molar-refractivity contribution in [1.29, 1.82) is 0 Å². The van der Waals surface area contributed by atoms with E-state index in [9.17, 15) is 0 Å². The van der Waals surface area contributed by atoms with Crippen LogP contribution in [0.15, 0.2) is 0 Å². The van der Waals surface area contributed by atoms with Crippen LogP contribution >= 0.6 is 0 Å². The van der Waals surface area contributed by atoms with Crippen molar-refractivity contribution in [3.8, 4) is 0 Å². The van der Waals surface area contributed by atoms with Gasteiger partial charge in [0, 0.05) is 0 Å². The fourth-order valence-electron chi connectivity index (χ4n) is 0. The third-order valence-corrected chi connectivity index (χ3v) is 0.671. The molecule has 0 rings (SSSR count). The standard InChI is InChI=1S/C2H5.Al.H2O.H/c1-2;;;/h1H2,2H3;;1H2;/q;+1;;/p-1. The van der Waals surface area contributed by atoms with E-state index < -0.39 is 15.6 Å². The Morgan fingerprint density at radius 1 is 2.00 bits per heavy atom. The minimum Gasteiger partial charge on any atom is -0.518 e. The van der Waals surface area contributed by atoms with Gasteiger partial charge in [-0.3, -0.25) is 0 Å². The van der Waals surface area contributed by atoms with Crippen LogP contribution in [-0.2, 0) is 0 Å². The van der Waals surface area contributed by atoms with Crippen molar-refractivity contribution in [2.75, 3.05) is 0 Å². The molecule has 24 valence electrons. The van der Waals surface area contributed by atoms with E-state index in [0.717, 1.165) is 5.28 Å². The molecular formula is C2H7AlO. The van der Waals surface area contributed by atoms with Crippen LogP contribution in [0, 0.1) is 0 Å². The van der Waals surface area contributed by atoms with Gasteiger partial charge in [-0.05, 0) is 0 Å². The van der Waals surface area contributed by atoms with Crippen LogP contribution < -0.4 is 0 Å². The first-order chi connectivity index (χ1) is 1.91. The molecule has 0 spiro atoms. The SMILES string of the molecule is C[CH2][AlH][OH]. The highest BCUT2D eigenvalue weighted by atomic mass is 27.1. The van der Waals surface area contributed by atoms with Crippen molar-refractivity contribution in [3.63, 3.8) is 0 Å².